The molecule has 2 rings (SSSR count). The van der Waals surface area contributed by atoms with E-state index in [9.17, 15) is 4.79 Å². The van der Waals surface area contributed by atoms with Gasteiger partial charge in [-0.05, 0) is 18.8 Å². The van der Waals surface area contributed by atoms with Gasteiger partial charge in [0.05, 0.1) is 12.7 Å². The molecule has 1 atom stereocenters. The molecule has 146 valence electrons. The molecule has 1 heterocycles. The van der Waals surface area contributed by atoms with Gasteiger partial charge in [-0.3, -0.25) is 4.79 Å². The highest BCUT2D eigenvalue weighted by Gasteiger charge is 2.27. The number of unbranched alkanes of at least 4 members (excludes halogenated alkanes) is 7. The SMILES string of the molecule is CCCCCCCCCCN(CC1CO1)C(=O)CCC1CCCCC1. The summed E-state index contributed by atoms with van der Waals surface area (Å²) in [6, 6.07) is 0. The van der Waals surface area contributed by atoms with Crippen molar-refractivity contribution in [3.8, 4) is 0 Å². The second kappa shape index (κ2) is 12.7. The third-order valence-corrected chi connectivity index (χ3v) is 5.95. The number of epoxide rings is 1. The highest BCUT2D eigenvalue weighted by atomic mass is 16.6. The summed E-state index contributed by atoms with van der Waals surface area (Å²) in [5, 5.41) is 0. The molecule has 0 N–H and O–H groups in total. The molecule has 1 unspecified atom stereocenters. The zero-order chi connectivity index (χ0) is 17.7. The highest BCUT2D eigenvalue weighted by Crippen LogP contribution is 2.27. The zero-order valence-electron chi connectivity index (χ0n) is 16.6. The topological polar surface area (TPSA) is 32.8 Å². The molecular formula is C22H41NO2. The lowest BCUT2D eigenvalue weighted by atomic mass is 9.86. The van der Waals surface area contributed by atoms with Gasteiger partial charge < -0.3 is 9.64 Å². The van der Waals surface area contributed by atoms with Gasteiger partial charge in [0, 0.05) is 19.5 Å². The van der Waals surface area contributed by atoms with E-state index >= 15 is 0 Å². The van der Waals surface area contributed by atoms with Gasteiger partial charge in [0.2, 0.25) is 5.91 Å². The third kappa shape index (κ3) is 9.63. The lowest BCUT2D eigenvalue weighted by Crippen LogP contribution is -2.35. The van der Waals surface area contributed by atoms with Crippen LogP contribution in [0.15, 0.2) is 0 Å². The predicted octanol–water partition coefficient (Wildman–Crippen LogP) is 5.72. The number of hydrogen-bond donors (Lipinski definition) is 0. The predicted molar refractivity (Wildman–Crippen MR) is 105 cm³/mol. The molecule has 0 aromatic rings. The number of hydrogen-bond acceptors (Lipinski definition) is 2. The van der Waals surface area contributed by atoms with Gasteiger partial charge in [-0.25, -0.2) is 0 Å². The Kier molecular flexibility index (Phi) is 10.6. The molecule has 1 aliphatic carbocycles. The van der Waals surface area contributed by atoms with E-state index < -0.39 is 0 Å². The van der Waals surface area contributed by atoms with Crippen molar-refractivity contribution < 1.29 is 9.53 Å². The van der Waals surface area contributed by atoms with Crippen molar-refractivity contribution in [2.75, 3.05) is 19.7 Å². The van der Waals surface area contributed by atoms with Crippen LogP contribution in [-0.4, -0.2) is 36.6 Å². The maximum Gasteiger partial charge on any atom is 0.222 e. The summed E-state index contributed by atoms with van der Waals surface area (Å²) in [7, 11) is 0. The van der Waals surface area contributed by atoms with E-state index in [0.717, 1.165) is 44.9 Å². The minimum Gasteiger partial charge on any atom is -0.371 e. The normalized spacial score (nSPS) is 20.6. The van der Waals surface area contributed by atoms with Gasteiger partial charge in [-0.1, -0.05) is 84.0 Å². The molecule has 1 amide bonds. The van der Waals surface area contributed by atoms with E-state index in [0.29, 0.717) is 12.0 Å². The zero-order valence-corrected chi connectivity index (χ0v) is 16.6. The first-order chi connectivity index (χ1) is 12.3. The molecule has 1 saturated carbocycles. The summed E-state index contributed by atoms with van der Waals surface area (Å²) in [4.78, 5) is 14.8. The Bertz CT molecular complexity index is 348. The molecular weight excluding hydrogens is 310 g/mol. The Hall–Kier alpha value is -0.570. The maximum absolute atomic E-state index is 12.7. The number of ether oxygens (including phenoxy) is 1. The minimum atomic E-state index is 0.327. The van der Waals surface area contributed by atoms with Crippen LogP contribution < -0.4 is 0 Å². The molecule has 2 aliphatic rings. The Morgan fingerprint density at radius 1 is 0.960 bits per heavy atom. The van der Waals surface area contributed by atoms with Crippen molar-refractivity contribution in [2.45, 2.75) is 109 Å². The van der Waals surface area contributed by atoms with Crippen molar-refractivity contribution in [3.63, 3.8) is 0 Å². The molecule has 1 saturated heterocycles. The fourth-order valence-electron chi connectivity index (χ4n) is 4.14. The third-order valence-electron chi connectivity index (χ3n) is 5.95. The number of carbonyl (C=O) groups excluding carboxylic acids is 1. The molecule has 0 radical (unpaired) electrons. The average Bonchev–Trinajstić information content (AvgIpc) is 3.46. The molecule has 2 fully saturated rings. The van der Waals surface area contributed by atoms with E-state index in [1.54, 1.807) is 0 Å². The van der Waals surface area contributed by atoms with Crippen molar-refractivity contribution in [3.05, 3.63) is 0 Å². The van der Waals surface area contributed by atoms with Crippen LogP contribution in [0, 0.1) is 5.92 Å². The Labute approximate surface area is 155 Å². The van der Waals surface area contributed by atoms with E-state index in [2.05, 4.69) is 11.8 Å². The molecule has 3 heteroatoms. The van der Waals surface area contributed by atoms with Gasteiger partial charge >= 0.3 is 0 Å². The molecule has 0 spiro atoms. The van der Waals surface area contributed by atoms with Gasteiger partial charge in [-0.2, -0.15) is 0 Å². The number of nitrogens with zero attached hydrogens (tertiary/aromatic N) is 1. The van der Waals surface area contributed by atoms with Crippen LogP contribution in [0.3, 0.4) is 0 Å². The summed E-state index contributed by atoms with van der Waals surface area (Å²) >= 11 is 0. The Morgan fingerprint density at radius 3 is 2.24 bits per heavy atom. The summed E-state index contributed by atoms with van der Waals surface area (Å²) in [6.45, 7) is 4.89. The first kappa shape index (κ1) is 20.7. The van der Waals surface area contributed by atoms with Crippen LogP contribution in [0.1, 0.15) is 103 Å². The molecule has 0 bridgehead atoms. The summed E-state index contributed by atoms with van der Waals surface area (Å²) in [5.74, 6) is 1.18. The minimum absolute atomic E-state index is 0.327. The molecule has 0 aromatic heterocycles. The first-order valence-electron chi connectivity index (χ1n) is 11.2. The smallest absolute Gasteiger partial charge is 0.222 e. The summed E-state index contributed by atoms with van der Waals surface area (Å²) in [5.41, 5.74) is 0. The van der Waals surface area contributed by atoms with E-state index in [1.165, 1.54) is 77.0 Å². The van der Waals surface area contributed by atoms with Crippen LogP contribution in [-0.2, 0) is 9.53 Å². The molecule has 0 aromatic carbocycles. The second-order valence-electron chi connectivity index (χ2n) is 8.31. The summed E-state index contributed by atoms with van der Waals surface area (Å²) < 4.78 is 5.37. The number of carbonyl (C=O) groups is 1. The number of rotatable bonds is 14. The van der Waals surface area contributed by atoms with Crippen LogP contribution in [0.2, 0.25) is 0 Å². The summed E-state index contributed by atoms with van der Waals surface area (Å²) in [6.07, 6.45) is 19.6. The van der Waals surface area contributed by atoms with Gasteiger partial charge in [0.15, 0.2) is 0 Å². The Morgan fingerprint density at radius 2 is 1.60 bits per heavy atom. The monoisotopic (exact) mass is 351 g/mol. The first-order valence-corrected chi connectivity index (χ1v) is 11.2. The van der Waals surface area contributed by atoms with Crippen molar-refractivity contribution in [1.82, 2.24) is 4.90 Å². The second-order valence-corrected chi connectivity index (χ2v) is 8.31. The van der Waals surface area contributed by atoms with Crippen LogP contribution in [0.5, 0.6) is 0 Å². The fourth-order valence-corrected chi connectivity index (χ4v) is 4.14. The van der Waals surface area contributed by atoms with E-state index in [1.807, 2.05) is 0 Å². The highest BCUT2D eigenvalue weighted by molar-refractivity contribution is 5.76. The average molecular weight is 352 g/mol. The van der Waals surface area contributed by atoms with Crippen LogP contribution >= 0.6 is 0 Å². The van der Waals surface area contributed by atoms with Crippen LogP contribution in [0.4, 0.5) is 0 Å². The maximum atomic E-state index is 12.7. The van der Waals surface area contributed by atoms with E-state index in [4.69, 9.17) is 4.74 Å². The number of amides is 1. The standard InChI is InChI=1S/C22H41NO2/c1-2-3-4-5-6-7-8-12-17-23(18-21-19-25-21)22(24)16-15-20-13-10-9-11-14-20/h20-21H,2-19H2,1H3. The molecule has 25 heavy (non-hydrogen) atoms. The largest absolute Gasteiger partial charge is 0.371 e. The van der Waals surface area contributed by atoms with Gasteiger partial charge in [0.25, 0.3) is 0 Å². The van der Waals surface area contributed by atoms with Gasteiger partial charge in [-0.15, -0.1) is 0 Å². The van der Waals surface area contributed by atoms with Crippen molar-refractivity contribution in [2.24, 2.45) is 5.92 Å². The Balaban J connectivity index is 1.57. The molecule has 3 nitrogen and oxygen atoms in total. The van der Waals surface area contributed by atoms with Crippen molar-refractivity contribution >= 4 is 5.91 Å². The van der Waals surface area contributed by atoms with Gasteiger partial charge in [0.1, 0.15) is 0 Å². The van der Waals surface area contributed by atoms with Crippen molar-refractivity contribution in [1.29, 1.82) is 0 Å². The van der Waals surface area contributed by atoms with E-state index in [-0.39, 0.29) is 0 Å². The van der Waals surface area contributed by atoms with Crippen LogP contribution in [0.25, 0.3) is 0 Å². The lowest BCUT2D eigenvalue weighted by Gasteiger charge is -2.25. The molecule has 1 aliphatic heterocycles. The lowest BCUT2D eigenvalue weighted by molar-refractivity contribution is -0.132. The quantitative estimate of drug-likeness (QED) is 0.296. The fraction of sp³-hybridized carbons (Fsp3) is 0.955.